The Morgan fingerprint density at radius 1 is 1.45 bits per heavy atom. The Morgan fingerprint density at radius 3 is 2.95 bits per heavy atom. The van der Waals surface area contributed by atoms with Gasteiger partial charge in [0.1, 0.15) is 10.8 Å². The molecule has 0 saturated heterocycles. The Balaban J connectivity index is 1.98. The summed E-state index contributed by atoms with van der Waals surface area (Å²) in [6.07, 6.45) is 5.29. The molecule has 1 aliphatic carbocycles. The number of nitrogens with one attached hydrogen (secondary N) is 2. The van der Waals surface area contributed by atoms with Crippen molar-refractivity contribution in [2.45, 2.75) is 18.9 Å². The monoisotopic (exact) mass is 318 g/mol. The van der Waals surface area contributed by atoms with Crippen LogP contribution in [0.4, 0.5) is 0 Å². The number of aromatic hydroxyl groups is 1. The van der Waals surface area contributed by atoms with E-state index in [4.69, 9.17) is 11.6 Å². The van der Waals surface area contributed by atoms with Gasteiger partial charge in [0.15, 0.2) is 11.1 Å². The Morgan fingerprint density at radius 2 is 2.27 bits per heavy atom. The van der Waals surface area contributed by atoms with E-state index in [-0.39, 0.29) is 11.6 Å². The molecule has 9 heteroatoms. The fraction of sp³-hybridized carbons (Fsp3) is 0.231. The quantitative estimate of drug-likeness (QED) is 0.564. The molecular weight excluding hydrogens is 308 g/mol. The van der Waals surface area contributed by atoms with Crippen molar-refractivity contribution in [2.75, 3.05) is 0 Å². The van der Waals surface area contributed by atoms with Crippen LogP contribution in [0.2, 0.25) is 5.15 Å². The molecule has 1 aliphatic rings. The Hall–Kier alpha value is -2.61. The smallest absolute Gasteiger partial charge is 0.326 e. The lowest BCUT2D eigenvalue weighted by Gasteiger charge is -1.96. The third-order valence-electron chi connectivity index (χ3n) is 3.35. The average Bonchev–Trinajstić information content (AvgIpc) is 3.09. The largest absolute Gasteiger partial charge is 0.493 e. The summed E-state index contributed by atoms with van der Waals surface area (Å²) in [6, 6.07) is 1.99. The molecule has 112 valence electrons. The highest BCUT2D eigenvalue weighted by atomic mass is 35.5. The second-order valence-corrected chi connectivity index (χ2v) is 5.51. The first-order valence-electron chi connectivity index (χ1n) is 6.71. The fourth-order valence-corrected chi connectivity index (χ4v) is 2.35. The van der Waals surface area contributed by atoms with Gasteiger partial charge in [-0.25, -0.2) is 9.78 Å². The van der Waals surface area contributed by atoms with Crippen molar-refractivity contribution in [3.05, 3.63) is 44.3 Å². The summed E-state index contributed by atoms with van der Waals surface area (Å²) < 4.78 is 1.60. The standard InChI is InChI=1S/C13H11ClN6O2/c14-9-4-10(16-7-1-2-7)20-11(18-9)6(5-15-20)3-8-12(21)19-13(22)17-8/h3-5,7,21H,1-2H2,(H2,17,19,22). The van der Waals surface area contributed by atoms with E-state index in [1.165, 1.54) is 0 Å². The third-order valence-corrected chi connectivity index (χ3v) is 3.54. The number of aromatic nitrogens is 5. The van der Waals surface area contributed by atoms with Crippen molar-refractivity contribution in [3.8, 4) is 5.88 Å². The van der Waals surface area contributed by atoms with Crippen molar-refractivity contribution in [1.29, 1.82) is 0 Å². The number of imidazole rings is 1. The summed E-state index contributed by atoms with van der Waals surface area (Å²) in [5, 5.41) is 14.8. The first-order chi connectivity index (χ1) is 10.6. The lowest BCUT2D eigenvalue weighted by molar-refractivity contribution is 0.454. The van der Waals surface area contributed by atoms with E-state index in [9.17, 15) is 9.90 Å². The highest BCUT2D eigenvalue weighted by Crippen LogP contribution is 2.22. The van der Waals surface area contributed by atoms with Crippen LogP contribution in [0.25, 0.3) is 11.7 Å². The van der Waals surface area contributed by atoms with Crippen molar-refractivity contribution < 1.29 is 5.11 Å². The van der Waals surface area contributed by atoms with Gasteiger partial charge in [0.25, 0.3) is 0 Å². The molecule has 0 spiro atoms. The van der Waals surface area contributed by atoms with E-state index in [1.54, 1.807) is 22.9 Å². The lowest BCUT2D eigenvalue weighted by Crippen LogP contribution is -2.18. The maximum atomic E-state index is 11.2. The average molecular weight is 319 g/mol. The van der Waals surface area contributed by atoms with Crippen LogP contribution in [0.5, 0.6) is 5.88 Å². The van der Waals surface area contributed by atoms with Crippen LogP contribution in [-0.4, -0.2) is 35.7 Å². The molecule has 0 aromatic carbocycles. The molecule has 1 saturated carbocycles. The second kappa shape index (κ2) is 4.70. The van der Waals surface area contributed by atoms with Crippen molar-refractivity contribution in [2.24, 2.45) is 4.99 Å². The van der Waals surface area contributed by atoms with Gasteiger partial charge in [0.05, 0.1) is 12.2 Å². The molecule has 22 heavy (non-hydrogen) atoms. The Kier molecular flexibility index (Phi) is 2.80. The molecule has 3 N–H and O–H groups in total. The molecule has 0 aliphatic heterocycles. The van der Waals surface area contributed by atoms with Crippen LogP contribution >= 0.6 is 11.6 Å². The fourth-order valence-electron chi connectivity index (χ4n) is 2.17. The molecule has 0 radical (unpaired) electrons. The molecule has 0 unspecified atom stereocenters. The summed E-state index contributed by atoms with van der Waals surface area (Å²) in [5.74, 6) is -0.241. The van der Waals surface area contributed by atoms with Crippen molar-refractivity contribution in [3.63, 3.8) is 0 Å². The molecule has 8 nitrogen and oxygen atoms in total. The van der Waals surface area contributed by atoms with Crippen LogP contribution in [-0.2, 0) is 0 Å². The topological polar surface area (TPSA) is 111 Å². The van der Waals surface area contributed by atoms with E-state index in [1.807, 2.05) is 0 Å². The van der Waals surface area contributed by atoms with Gasteiger partial charge in [-0.3, -0.25) is 9.98 Å². The van der Waals surface area contributed by atoms with Gasteiger partial charge in [0.2, 0.25) is 5.88 Å². The maximum Gasteiger partial charge on any atom is 0.326 e. The highest BCUT2D eigenvalue weighted by Gasteiger charge is 2.20. The zero-order chi connectivity index (χ0) is 15.3. The first-order valence-corrected chi connectivity index (χ1v) is 7.09. The van der Waals surface area contributed by atoms with Gasteiger partial charge in [-0.2, -0.15) is 9.61 Å². The molecule has 3 aromatic rings. The number of H-pyrrole nitrogens is 2. The minimum atomic E-state index is -0.490. The van der Waals surface area contributed by atoms with Crippen LogP contribution in [0.15, 0.2) is 22.1 Å². The zero-order valence-electron chi connectivity index (χ0n) is 11.2. The SMILES string of the molecule is O=c1[nH]c(O)c(C=c2cnn3c(=NC4CC4)cc(Cl)nc23)[nH]1. The third kappa shape index (κ3) is 2.27. The van der Waals surface area contributed by atoms with E-state index in [2.05, 4.69) is 25.0 Å². The number of nitrogens with zero attached hydrogens (tertiary/aromatic N) is 4. The number of aromatic amines is 2. The first kappa shape index (κ1) is 13.1. The molecular formula is C13H11ClN6O2. The van der Waals surface area contributed by atoms with Crippen LogP contribution in [0.3, 0.4) is 0 Å². The van der Waals surface area contributed by atoms with Gasteiger partial charge in [-0.1, -0.05) is 11.6 Å². The lowest BCUT2D eigenvalue weighted by atomic mass is 10.3. The Bertz CT molecular complexity index is 1040. The maximum absolute atomic E-state index is 11.2. The van der Waals surface area contributed by atoms with Crippen LogP contribution in [0.1, 0.15) is 18.5 Å². The van der Waals surface area contributed by atoms with E-state index in [0.717, 1.165) is 12.8 Å². The number of hydrogen-bond donors (Lipinski definition) is 3. The zero-order valence-corrected chi connectivity index (χ0v) is 12.0. The van der Waals surface area contributed by atoms with E-state index >= 15 is 0 Å². The van der Waals surface area contributed by atoms with Gasteiger partial charge in [0, 0.05) is 11.3 Å². The van der Waals surface area contributed by atoms with Gasteiger partial charge in [-0.15, -0.1) is 0 Å². The van der Waals surface area contributed by atoms with E-state index < -0.39 is 5.69 Å². The second-order valence-electron chi connectivity index (χ2n) is 5.12. The highest BCUT2D eigenvalue weighted by molar-refractivity contribution is 6.29. The molecule has 4 rings (SSSR count). The van der Waals surface area contributed by atoms with Crippen molar-refractivity contribution >= 4 is 23.3 Å². The molecule has 1 fully saturated rings. The van der Waals surface area contributed by atoms with Crippen LogP contribution in [0, 0.1) is 0 Å². The number of hydrogen-bond acceptors (Lipinski definition) is 5. The predicted octanol–water partition coefficient (Wildman–Crippen LogP) is -0.284. The minimum Gasteiger partial charge on any atom is -0.493 e. The van der Waals surface area contributed by atoms with E-state index in [0.29, 0.717) is 27.5 Å². The minimum absolute atomic E-state index is 0.241. The van der Waals surface area contributed by atoms with Gasteiger partial charge >= 0.3 is 5.69 Å². The molecule has 0 bridgehead atoms. The summed E-state index contributed by atoms with van der Waals surface area (Å²) >= 11 is 6.06. The number of rotatable bonds is 2. The summed E-state index contributed by atoms with van der Waals surface area (Å²) in [7, 11) is 0. The predicted molar refractivity (Wildman–Crippen MR) is 78.4 cm³/mol. The summed E-state index contributed by atoms with van der Waals surface area (Å²) in [6.45, 7) is 0. The molecule has 0 amide bonds. The normalized spacial score (nSPS) is 16.8. The summed E-state index contributed by atoms with van der Waals surface area (Å²) in [4.78, 5) is 24.7. The van der Waals surface area contributed by atoms with Gasteiger partial charge < -0.3 is 10.1 Å². The Labute approximate surface area is 127 Å². The van der Waals surface area contributed by atoms with Gasteiger partial charge in [-0.05, 0) is 18.9 Å². The molecule has 3 heterocycles. The number of fused-ring (bicyclic) bond motifs is 1. The molecule has 0 atom stereocenters. The summed E-state index contributed by atoms with van der Waals surface area (Å²) in [5.41, 5.74) is 0.912. The molecule has 3 aromatic heterocycles. The number of halogens is 1. The van der Waals surface area contributed by atoms with Crippen LogP contribution < -0.4 is 16.4 Å². The van der Waals surface area contributed by atoms with Crippen molar-refractivity contribution in [1.82, 2.24) is 24.6 Å².